The number of hydrogen-bond donors (Lipinski definition) is 1. The first-order chi connectivity index (χ1) is 15.7. The average molecular weight is 461 g/mol. The SMILES string of the molecule is CCNC(=O)COC(=O)CCc1nc2cc(C(F)(F)F)ccc2n(Cc2ccccc2)c1=O. The molecule has 0 aliphatic rings. The van der Waals surface area contributed by atoms with Crippen LogP contribution in [0.25, 0.3) is 11.0 Å². The predicted octanol–water partition coefficient (Wildman–Crippen LogP) is 3.08. The Kier molecular flexibility index (Phi) is 7.47. The van der Waals surface area contributed by atoms with E-state index in [0.717, 1.165) is 17.7 Å². The van der Waals surface area contributed by atoms with Gasteiger partial charge >= 0.3 is 12.1 Å². The standard InChI is InChI=1S/C23H22F3N3O4/c1-2-27-20(30)14-33-21(31)11-9-17-22(32)29(13-15-6-4-3-5-7-15)19-10-8-16(23(24,25)26)12-18(19)28-17/h3-8,10,12H,2,9,11,13-14H2,1H3,(H,27,30). The van der Waals surface area contributed by atoms with Gasteiger partial charge in [-0.15, -0.1) is 0 Å². The van der Waals surface area contributed by atoms with Crippen LogP contribution in [0.1, 0.15) is 30.2 Å². The van der Waals surface area contributed by atoms with Crippen molar-refractivity contribution in [2.75, 3.05) is 13.2 Å². The zero-order valence-corrected chi connectivity index (χ0v) is 17.8. The van der Waals surface area contributed by atoms with Crippen LogP contribution in [0.5, 0.6) is 0 Å². The average Bonchev–Trinajstić information content (AvgIpc) is 2.78. The lowest BCUT2D eigenvalue weighted by Crippen LogP contribution is -2.29. The number of carbonyl (C=O) groups excluding carboxylic acids is 2. The minimum atomic E-state index is -4.57. The highest BCUT2D eigenvalue weighted by Crippen LogP contribution is 2.31. The van der Waals surface area contributed by atoms with Gasteiger partial charge in [0, 0.05) is 13.0 Å². The fourth-order valence-corrected chi connectivity index (χ4v) is 3.25. The van der Waals surface area contributed by atoms with Gasteiger partial charge in [0.05, 0.1) is 29.6 Å². The number of nitrogens with one attached hydrogen (secondary N) is 1. The zero-order chi connectivity index (χ0) is 24.0. The largest absolute Gasteiger partial charge is 0.456 e. The van der Waals surface area contributed by atoms with Crippen LogP contribution in [0.2, 0.25) is 0 Å². The molecule has 174 valence electrons. The van der Waals surface area contributed by atoms with Crippen molar-refractivity contribution < 1.29 is 27.5 Å². The second-order valence-electron chi connectivity index (χ2n) is 7.25. The van der Waals surface area contributed by atoms with Gasteiger partial charge < -0.3 is 14.6 Å². The van der Waals surface area contributed by atoms with E-state index in [0.29, 0.717) is 6.54 Å². The third kappa shape index (κ3) is 6.18. The molecule has 0 saturated carbocycles. The molecule has 0 radical (unpaired) electrons. The summed E-state index contributed by atoms with van der Waals surface area (Å²) in [6.07, 6.45) is -4.97. The van der Waals surface area contributed by atoms with Crippen LogP contribution in [0.3, 0.4) is 0 Å². The number of rotatable bonds is 8. The summed E-state index contributed by atoms with van der Waals surface area (Å²) in [7, 11) is 0. The van der Waals surface area contributed by atoms with E-state index >= 15 is 0 Å². The Labute approximate surface area is 187 Å². The van der Waals surface area contributed by atoms with Crippen LogP contribution in [0.15, 0.2) is 53.3 Å². The number of amides is 1. The molecule has 0 spiro atoms. The molecule has 3 rings (SSSR count). The number of esters is 1. The lowest BCUT2D eigenvalue weighted by atomic mass is 10.1. The van der Waals surface area contributed by atoms with E-state index in [1.807, 2.05) is 6.07 Å². The van der Waals surface area contributed by atoms with Crippen LogP contribution in [-0.2, 0) is 33.5 Å². The van der Waals surface area contributed by atoms with Crippen molar-refractivity contribution in [3.05, 3.63) is 75.7 Å². The normalized spacial score (nSPS) is 11.4. The molecule has 10 heteroatoms. The molecule has 7 nitrogen and oxygen atoms in total. The maximum atomic E-state index is 13.2. The van der Waals surface area contributed by atoms with E-state index in [-0.39, 0.29) is 36.1 Å². The minimum Gasteiger partial charge on any atom is -0.456 e. The van der Waals surface area contributed by atoms with E-state index in [2.05, 4.69) is 10.3 Å². The molecule has 0 bridgehead atoms. The van der Waals surface area contributed by atoms with E-state index in [1.54, 1.807) is 31.2 Å². The molecule has 0 fully saturated rings. The van der Waals surface area contributed by atoms with Crippen LogP contribution in [0.4, 0.5) is 13.2 Å². The fraction of sp³-hybridized carbons (Fsp3) is 0.304. The molecule has 0 aliphatic carbocycles. The Morgan fingerprint density at radius 1 is 1.12 bits per heavy atom. The number of carbonyl (C=O) groups is 2. The van der Waals surface area contributed by atoms with Gasteiger partial charge in [-0.1, -0.05) is 30.3 Å². The lowest BCUT2D eigenvalue weighted by molar-refractivity contribution is -0.148. The Morgan fingerprint density at radius 2 is 1.85 bits per heavy atom. The summed E-state index contributed by atoms with van der Waals surface area (Å²) in [5.74, 6) is -1.18. The molecule has 0 saturated heterocycles. The van der Waals surface area contributed by atoms with Crippen molar-refractivity contribution in [1.29, 1.82) is 0 Å². The zero-order valence-electron chi connectivity index (χ0n) is 17.8. The van der Waals surface area contributed by atoms with Gasteiger partial charge in [-0.2, -0.15) is 13.2 Å². The number of benzene rings is 2. The van der Waals surface area contributed by atoms with Crippen molar-refractivity contribution >= 4 is 22.9 Å². The van der Waals surface area contributed by atoms with Gasteiger partial charge in [0.25, 0.3) is 11.5 Å². The number of halogens is 3. The number of aryl methyl sites for hydroxylation is 1. The van der Waals surface area contributed by atoms with Crippen molar-refractivity contribution in [1.82, 2.24) is 14.9 Å². The van der Waals surface area contributed by atoms with Crippen molar-refractivity contribution in [2.45, 2.75) is 32.5 Å². The first kappa shape index (κ1) is 24.0. The Bertz CT molecular complexity index is 1210. The summed E-state index contributed by atoms with van der Waals surface area (Å²) in [4.78, 5) is 40.6. The van der Waals surface area contributed by atoms with Gasteiger partial charge in [0.2, 0.25) is 0 Å². The number of nitrogens with zero attached hydrogens (tertiary/aromatic N) is 2. The van der Waals surface area contributed by atoms with Gasteiger partial charge in [0.1, 0.15) is 5.69 Å². The first-order valence-electron chi connectivity index (χ1n) is 10.3. The highest BCUT2D eigenvalue weighted by Gasteiger charge is 2.31. The topological polar surface area (TPSA) is 90.3 Å². The van der Waals surface area contributed by atoms with Crippen molar-refractivity contribution in [3.63, 3.8) is 0 Å². The summed E-state index contributed by atoms with van der Waals surface area (Å²) < 4.78 is 45.8. The number of alkyl halides is 3. The smallest absolute Gasteiger partial charge is 0.416 e. The van der Waals surface area contributed by atoms with E-state index in [4.69, 9.17) is 4.74 Å². The molecular formula is C23H22F3N3O4. The summed E-state index contributed by atoms with van der Waals surface area (Å²) in [5.41, 5.74) is -0.445. The van der Waals surface area contributed by atoms with E-state index < -0.39 is 35.8 Å². The number of likely N-dealkylation sites (N-methyl/N-ethyl adjacent to an activating group) is 1. The van der Waals surface area contributed by atoms with Crippen LogP contribution in [0, 0.1) is 0 Å². The monoisotopic (exact) mass is 461 g/mol. The van der Waals surface area contributed by atoms with E-state index in [1.165, 1.54) is 10.6 Å². The van der Waals surface area contributed by atoms with E-state index in [9.17, 15) is 27.6 Å². The van der Waals surface area contributed by atoms with Crippen LogP contribution >= 0.6 is 0 Å². The summed E-state index contributed by atoms with van der Waals surface area (Å²) in [6, 6.07) is 12.0. The molecule has 3 aromatic rings. The number of fused-ring (bicyclic) bond motifs is 1. The van der Waals surface area contributed by atoms with Gasteiger partial charge in [0.15, 0.2) is 6.61 Å². The maximum Gasteiger partial charge on any atom is 0.416 e. The molecule has 0 atom stereocenters. The van der Waals surface area contributed by atoms with Crippen molar-refractivity contribution in [2.24, 2.45) is 0 Å². The lowest BCUT2D eigenvalue weighted by Gasteiger charge is -2.14. The number of hydrogen-bond acceptors (Lipinski definition) is 5. The second kappa shape index (κ2) is 10.3. The molecule has 1 N–H and O–H groups in total. The highest BCUT2D eigenvalue weighted by atomic mass is 19.4. The van der Waals surface area contributed by atoms with Gasteiger partial charge in [-0.3, -0.25) is 14.4 Å². The molecule has 2 aromatic carbocycles. The Hall–Kier alpha value is -3.69. The second-order valence-corrected chi connectivity index (χ2v) is 7.25. The summed E-state index contributed by atoms with van der Waals surface area (Å²) in [5, 5.41) is 2.48. The quantitative estimate of drug-likeness (QED) is 0.521. The molecule has 1 aromatic heterocycles. The number of aromatic nitrogens is 2. The molecule has 0 aliphatic heterocycles. The Balaban J connectivity index is 1.93. The van der Waals surface area contributed by atoms with Crippen molar-refractivity contribution in [3.8, 4) is 0 Å². The summed E-state index contributed by atoms with van der Waals surface area (Å²) >= 11 is 0. The molecule has 0 unspecified atom stereocenters. The minimum absolute atomic E-state index is 0.00829. The van der Waals surface area contributed by atoms with Crippen LogP contribution in [-0.4, -0.2) is 34.6 Å². The molecule has 1 amide bonds. The van der Waals surface area contributed by atoms with Gasteiger partial charge in [-0.25, -0.2) is 4.98 Å². The summed E-state index contributed by atoms with van der Waals surface area (Å²) in [6.45, 7) is 1.78. The molecule has 33 heavy (non-hydrogen) atoms. The first-order valence-corrected chi connectivity index (χ1v) is 10.3. The highest BCUT2D eigenvalue weighted by molar-refractivity contribution is 5.80. The van der Waals surface area contributed by atoms with Gasteiger partial charge in [-0.05, 0) is 30.7 Å². The van der Waals surface area contributed by atoms with Crippen LogP contribution < -0.4 is 10.9 Å². The number of ether oxygens (including phenoxy) is 1. The predicted molar refractivity (Wildman–Crippen MR) is 115 cm³/mol. The molecule has 1 heterocycles. The third-order valence-electron chi connectivity index (χ3n) is 4.83. The third-order valence-corrected chi connectivity index (χ3v) is 4.83. The maximum absolute atomic E-state index is 13.2. The molecular weight excluding hydrogens is 439 g/mol. The fourth-order valence-electron chi connectivity index (χ4n) is 3.25. The Morgan fingerprint density at radius 3 is 2.52 bits per heavy atom.